The Morgan fingerprint density at radius 1 is 1.17 bits per heavy atom. The molecule has 0 saturated heterocycles. The number of thiol groups is 1. The van der Waals surface area contributed by atoms with Crippen molar-refractivity contribution in [1.82, 2.24) is 19.6 Å². The van der Waals surface area contributed by atoms with Crippen LogP contribution in [0.3, 0.4) is 0 Å². The average Bonchev–Trinajstić information content (AvgIpc) is 3.01. The number of halogens is 2. The lowest BCUT2D eigenvalue weighted by molar-refractivity contribution is 0.129. The summed E-state index contributed by atoms with van der Waals surface area (Å²) < 4.78 is 38.7. The molecule has 2 heterocycles. The number of hydrogen-bond acceptors (Lipinski definition) is 7. The Hall–Kier alpha value is -2.01. The van der Waals surface area contributed by atoms with Gasteiger partial charge < -0.3 is 10.6 Å². The molecule has 2 aliphatic rings. The van der Waals surface area contributed by atoms with Crippen molar-refractivity contribution < 1.29 is 12.8 Å². The number of hydrogen-bond donors (Lipinski definition) is 4. The van der Waals surface area contributed by atoms with Gasteiger partial charge in [-0.05, 0) is 68.7 Å². The van der Waals surface area contributed by atoms with Gasteiger partial charge in [0, 0.05) is 37.9 Å². The summed E-state index contributed by atoms with van der Waals surface area (Å²) >= 11 is 6.41. The third-order valence-corrected chi connectivity index (χ3v) is 7.63. The second-order valence-electron chi connectivity index (χ2n) is 10.4. The quantitative estimate of drug-likeness (QED) is 0.357. The van der Waals surface area contributed by atoms with Crippen molar-refractivity contribution >= 4 is 39.9 Å². The third-order valence-electron chi connectivity index (χ3n) is 6.91. The first kappa shape index (κ1) is 27.0. The molecule has 1 aromatic carbocycles. The second kappa shape index (κ2) is 12.0. The van der Waals surface area contributed by atoms with E-state index in [1.807, 2.05) is 6.07 Å². The van der Waals surface area contributed by atoms with Crippen molar-refractivity contribution in [3.63, 3.8) is 0 Å². The minimum atomic E-state index is -2.62. The molecule has 0 unspecified atom stereocenters. The fourth-order valence-corrected chi connectivity index (χ4v) is 5.74. The Morgan fingerprint density at radius 2 is 1.92 bits per heavy atom. The number of rotatable bonds is 9. The standard InChI is InChI=1S/C25H36ClFN6O2S/c1-25(2,27)16-33-11-9-17-7-8-20(13-18(17)10-12-33)30-24-28-15-21(26)23(32-24)31-22-6-4-3-5-19(22)14-29-36(34)35/h7-8,13,15,19,22,36H,3-6,9-12,14,16H2,1-2H3,(H,29,34,35)(H2,28,30,31,32)/t19-,22-/m1/s1. The Morgan fingerprint density at radius 3 is 2.67 bits per heavy atom. The predicted octanol–water partition coefficient (Wildman–Crippen LogP) is 4.11. The summed E-state index contributed by atoms with van der Waals surface area (Å²) in [6.07, 6.45) is 7.34. The summed E-state index contributed by atoms with van der Waals surface area (Å²) in [5.41, 5.74) is 2.22. The number of nitrogens with one attached hydrogen (secondary N) is 3. The topological polar surface area (TPSA) is 99.2 Å². The summed E-state index contributed by atoms with van der Waals surface area (Å²) in [4.78, 5) is 11.2. The first-order chi connectivity index (χ1) is 17.2. The maximum Gasteiger partial charge on any atom is 0.229 e. The molecule has 1 aromatic heterocycles. The van der Waals surface area contributed by atoms with Gasteiger partial charge >= 0.3 is 0 Å². The molecule has 11 heteroatoms. The molecule has 198 valence electrons. The van der Waals surface area contributed by atoms with Gasteiger partial charge in [0.05, 0.1) is 6.20 Å². The van der Waals surface area contributed by atoms with Crippen molar-refractivity contribution in [2.45, 2.75) is 64.1 Å². The molecule has 0 bridgehead atoms. The highest BCUT2D eigenvalue weighted by atomic mass is 35.5. The van der Waals surface area contributed by atoms with Gasteiger partial charge in [0.1, 0.15) is 10.7 Å². The molecule has 1 fully saturated rings. The summed E-state index contributed by atoms with van der Waals surface area (Å²) in [6, 6.07) is 6.34. The van der Waals surface area contributed by atoms with Gasteiger partial charge in [0.15, 0.2) is 5.82 Å². The van der Waals surface area contributed by atoms with Crippen LogP contribution in [0.1, 0.15) is 50.7 Å². The average molecular weight is 539 g/mol. The summed E-state index contributed by atoms with van der Waals surface area (Å²) in [6.45, 7) is 5.78. The van der Waals surface area contributed by atoms with Gasteiger partial charge in [-0.25, -0.2) is 22.5 Å². The molecule has 1 aliphatic carbocycles. The maximum atomic E-state index is 14.1. The highest BCUT2D eigenvalue weighted by Gasteiger charge is 2.26. The van der Waals surface area contributed by atoms with Crippen LogP contribution in [0.25, 0.3) is 0 Å². The highest BCUT2D eigenvalue weighted by Crippen LogP contribution is 2.30. The van der Waals surface area contributed by atoms with Crippen LogP contribution in [0.15, 0.2) is 24.4 Å². The molecule has 2 aromatic rings. The minimum Gasteiger partial charge on any atom is -0.366 e. The zero-order valence-electron chi connectivity index (χ0n) is 20.9. The molecule has 1 saturated carbocycles. The van der Waals surface area contributed by atoms with E-state index in [9.17, 15) is 12.8 Å². The van der Waals surface area contributed by atoms with Crippen LogP contribution in [0.2, 0.25) is 5.02 Å². The number of fused-ring (bicyclic) bond motifs is 1. The van der Waals surface area contributed by atoms with E-state index in [0.717, 1.165) is 57.3 Å². The SMILES string of the molecule is CC(C)(F)CN1CCc2ccc(Nc3ncc(Cl)c(N[C@@H]4CCCC[C@@H]4CN[SH](=O)=O)n3)cc2CC1. The van der Waals surface area contributed by atoms with E-state index >= 15 is 0 Å². The van der Waals surface area contributed by atoms with Crippen LogP contribution in [0.4, 0.5) is 21.8 Å². The van der Waals surface area contributed by atoms with Gasteiger partial charge in [-0.15, -0.1) is 0 Å². The van der Waals surface area contributed by atoms with E-state index < -0.39 is 16.6 Å². The summed E-state index contributed by atoms with van der Waals surface area (Å²) in [5.74, 6) is 1.14. The molecule has 3 N–H and O–H groups in total. The maximum absolute atomic E-state index is 14.1. The molecular formula is C25H36ClFN6O2S. The Bertz CT molecular complexity index is 1120. The van der Waals surface area contributed by atoms with E-state index in [0.29, 0.717) is 29.9 Å². The summed E-state index contributed by atoms with van der Waals surface area (Å²) in [7, 11) is -2.62. The number of nitrogens with zero attached hydrogens (tertiary/aromatic N) is 3. The molecule has 0 spiro atoms. The van der Waals surface area contributed by atoms with Crippen molar-refractivity contribution in [3.05, 3.63) is 40.5 Å². The summed E-state index contributed by atoms with van der Waals surface area (Å²) in [5, 5.41) is 7.15. The molecule has 0 amide bonds. The monoisotopic (exact) mass is 538 g/mol. The fourth-order valence-electron chi connectivity index (χ4n) is 5.21. The number of aromatic nitrogens is 2. The number of alkyl halides is 1. The zero-order valence-corrected chi connectivity index (χ0v) is 22.5. The Labute approximate surface area is 219 Å². The number of benzene rings is 1. The van der Waals surface area contributed by atoms with Gasteiger partial charge in [0.2, 0.25) is 16.8 Å². The van der Waals surface area contributed by atoms with Crippen molar-refractivity contribution in [2.24, 2.45) is 5.92 Å². The smallest absolute Gasteiger partial charge is 0.229 e. The molecule has 0 radical (unpaired) electrons. The molecule has 8 nitrogen and oxygen atoms in total. The van der Waals surface area contributed by atoms with Gasteiger partial charge in [0.25, 0.3) is 0 Å². The van der Waals surface area contributed by atoms with Gasteiger partial charge in [-0.3, -0.25) is 4.90 Å². The molecular weight excluding hydrogens is 503 g/mol. The lowest BCUT2D eigenvalue weighted by Crippen LogP contribution is -2.38. The van der Waals surface area contributed by atoms with E-state index in [2.05, 4.69) is 42.4 Å². The van der Waals surface area contributed by atoms with Gasteiger partial charge in [-0.1, -0.05) is 30.5 Å². The first-order valence-electron chi connectivity index (χ1n) is 12.6. The zero-order chi connectivity index (χ0) is 25.7. The third kappa shape index (κ3) is 7.74. The van der Waals surface area contributed by atoms with E-state index in [1.165, 1.54) is 11.1 Å². The molecule has 1 aliphatic heterocycles. The van der Waals surface area contributed by atoms with Crippen LogP contribution in [0, 0.1) is 5.92 Å². The van der Waals surface area contributed by atoms with Crippen LogP contribution < -0.4 is 15.4 Å². The van der Waals surface area contributed by atoms with E-state index in [-0.39, 0.29) is 12.0 Å². The van der Waals surface area contributed by atoms with E-state index in [4.69, 9.17) is 11.6 Å². The van der Waals surface area contributed by atoms with Crippen LogP contribution in [-0.2, 0) is 23.7 Å². The Balaban J connectivity index is 1.43. The van der Waals surface area contributed by atoms with Crippen molar-refractivity contribution in [1.29, 1.82) is 0 Å². The second-order valence-corrected chi connectivity index (χ2v) is 11.6. The lowest BCUT2D eigenvalue weighted by atomic mass is 9.84. The molecule has 36 heavy (non-hydrogen) atoms. The minimum absolute atomic E-state index is 0.0752. The molecule has 4 rings (SSSR count). The van der Waals surface area contributed by atoms with Gasteiger partial charge in [-0.2, -0.15) is 4.98 Å². The lowest BCUT2D eigenvalue weighted by Gasteiger charge is -2.32. The molecule has 2 atom stereocenters. The first-order valence-corrected chi connectivity index (χ1v) is 14.2. The Kier molecular flexibility index (Phi) is 9.03. The van der Waals surface area contributed by atoms with Crippen molar-refractivity contribution in [2.75, 3.05) is 36.8 Å². The fraction of sp³-hybridized carbons (Fsp3) is 0.600. The van der Waals surface area contributed by atoms with Crippen LogP contribution in [-0.4, -0.2) is 61.2 Å². The predicted molar refractivity (Wildman–Crippen MR) is 143 cm³/mol. The van der Waals surface area contributed by atoms with E-state index in [1.54, 1.807) is 20.0 Å². The van der Waals surface area contributed by atoms with Crippen LogP contribution in [0.5, 0.6) is 0 Å². The van der Waals surface area contributed by atoms with Crippen molar-refractivity contribution in [3.8, 4) is 0 Å². The van der Waals surface area contributed by atoms with Crippen LogP contribution >= 0.6 is 11.6 Å². The highest BCUT2D eigenvalue weighted by molar-refractivity contribution is 7.70. The number of anilines is 3. The largest absolute Gasteiger partial charge is 0.366 e. The normalized spacial score (nSPS) is 21.1.